The number of nitrogen functional groups attached to an aromatic ring is 1. The molecule has 5 atom stereocenters. The smallest absolute Gasteiger partial charge is 0.300 e. The molecule has 2 aromatic heterocycles. The number of rotatable bonds is 3. The summed E-state index contributed by atoms with van der Waals surface area (Å²) in [6, 6.07) is 0. The Morgan fingerprint density at radius 1 is 1.61 bits per heavy atom. The molecule has 1 saturated heterocycles. The summed E-state index contributed by atoms with van der Waals surface area (Å²) in [4.78, 5) is 27.6. The first-order valence-electron chi connectivity index (χ1n) is 6.32. The topological polar surface area (TPSA) is 170 Å². The summed E-state index contributed by atoms with van der Waals surface area (Å²) in [6.45, 7) is 1.34. The van der Waals surface area contributed by atoms with E-state index in [1.54, 1.807) is 0 Å². The second-order valence-electron chi connectivity index (χ2n) is 5.04. The molecule has 13 heteroatoms. The van der Waals surface area contributed by atoms with Crippen molar-refractivity contribution in [3.05, 3.63) is 22.6 Å². The second-order valence-corrected chi connectivity index (χ2v) is 7.96. The molecule has 3 heterocycles. The van der Waals surface area contributed by atoms with Crippen LogP contribution < -0.4 is 5.73 Å². The fourth-order valence-corrected chi connectivity index (χ4v) is 5.44. The van der Waals surface area contributed by atoms with Crippen molar-refractivity contribution in [2.45, 2.75) is 24.2 Å². The number of hydrogen-bond donors (Lipinski definition) is 4. The first-order chi connectivity index (χ1) is 10.8. The van der Waals surface area contributed by atoms with E-state index in [2.05, 4.69) is 9.97 Å². The lowest BCUT2D eigenvalue weighted by Crippen LogP contribution is -2.37. The molecule has 0 spiro atoms. The van der Waals surface area contributed by atoms with E-state index >= 15 is 0 Å². The van der Waals surface area contributed by atoms with Crippen molar-refractivity contribution in [2.24, 2.45) is 0 Å². The highest BCUT2D eigenvalue weighted by molar-refractivity contribution is 7.54. The van der Waals surface area contributed by atoms with Gasteiger partial charge in [-0.2, -0.15) is 0 Å². The molecule has 1 unspecified atom stereocenters. The van der Waals surface area contributed by atoms with Crippen LogP contribution in [-0.4, -0.2) is 51.6 Å². The monoisotopic (exact) mass is 361 g/mol. The molecular formula is C10H13N5O6P2. The van der Waals surface area contributed by atoms with Crippen LogP contribution in [0.4, 0.5) is 11.5 Å². The maximum Gasteiger partial charge on any atom is 0.300 e. The van der Waals surface area contributed by atoms with Gasteiger partial charge >= 0.3 is 5.69 Å². The molecule has 1 aliphatic heterocycles. The number of fused-ring (bicyclic) bond motifs is 1. The van der Waals surface area contributed by atoms with Gasteiger partial charge in [0.15, 0.2) is 19.3 Å². The van der Waals surface area contributed by atoms with Crippen molar-refractivity contribution in [2.75, 3.05) is 5.73 Å². The van der Waals surface area contributed by atoms with Gasteiger partial charge in [-0.1, -0.05) is 0 Å². The first-order valence-corrected chi connectivity index (χ1v) is 8.56. The van der Waals surface area contributed by atoms with Crippen LogP contribution in [0.5, 0.6) is 0 Å². The van der Waals surface area contributed by atoms with Gasteiger partial charge in [0.25, 0.3) is 0 Å². The Morgan fingerprint density at radius 3 is 2.87 bits per heavy atom. The average molecular weight is 361 g/mol. The Labute approximate surface area is 132 Å². The Bertz CT molecular complexity index is 782. The van der Waals surface area contributed by atoms with E-state index in [4.69, 9.17) is 10.3 Å². The summed E-state index contributed by atoms with van der Waals surface area (Å²) in [5.74, 6) is -1.05. The molecule has 5 N–H and O–H groups in total. The molecule has 124 valence electrons. The average Bonchev–Trinajstić information content (AvgIpc) is 2.97. The molecule has 0 aromatic carbocycles. The van der Waals surface area contributed by atoms with Crippen LogP contribution in [0.25, 0.3) is 11.0 Å². The molecule has 1 aliphatic rings. The minimum atomic E-state index is -1.97. The van der Waals surface area contributed by atoms with Crippen LogP contribution in [0.1, 0.15) is 6.92 Å². The Kier molecular flexibility index (Phi) is 3.96. The van der Waals surface area contributed by atoms with Crippen molar-refractivity contribution >= 4 is 39.6 Å². The Morgan fingerprint density at radius 2 is 2.30 bits per heavy atom. The predicted molar refractivity (Wildman–Crippen MR) is 83.0 cm³/mol. The standard InChI is InChI=1S/C10H13N5O6P2/c1-10(17)6(16)9(22-20)21-23(10)14-2-4(15(18)19)5-7(11)12-3-13-8(5)14/h2-3,6,9,16-17,20,22H,1H3,(H2,11,12,13)/t6-,9-,10+,23-/m1/s1. The lowest BCUT2D eigenvalue weighted by Gasteiger charge is -2.26. The van der Waals surface area contributed by atoms with Crippen molar-refractivity contribution in [3.8, 4) is 0 Å². The van der Waals surface area contributed by atoms with Crippen molar-refractivity contribution in [3.63, 3.8) is 0 Å². The molecule has 0 amide bonds. The van der Waals surface area contributed by atoms with E-state index < -0.39 is 39.3 Å². The van der Waals surface area contributed by atoms with Crippen LogP contribution in [0.15, 0.2) is 12.5 Å². The third-order valence-electron chi connectivity index (χ3n) is 3.54. The third kappa shape index (κ3) is 2.37. The van der Waals surface area contributed by atoms with E-state index in [0.29, 0.717) is 0 Å². The zero-order valence-corrected chi connectivity index (χ0v) is 13.6. The van der Waals surface area contributed by atoms with Crippen molar-refractivity contribution in [1.29, 1.82) is 0 Å². The van der Waals surface area contributed by atoms with Gasteiger partial charge in [0.2, 0.25) is 0 Å². The summed E-state index contributed by atoms with van der Waals surface area (Å²) in [5, 5.41) is 30.2. The number of nitrogens with two attached hydrogens (primary N) is 1. The number of anilines is 1. The summed E-state index contributed by atoms with van der Waals surface area (Å²) in [6.07, 6.45) is 0.943. The maximum absolute atomic E-state index is 11.2. The molecule has 0 bridgehead atoms. The van der Waals surface area contributed by atoms with E-state index in [1.165, 1.54) is 11.3 Å². The van der Waals surface area contributed by atoms with Gasteiger partial charge < -0.3 is 25.4 Å². The highest BCUT2D eigenvalue weighted by Gasteiger charge is 2.54. The number of nitro groups is 1. The predicted octanol–water partition coefficient (Wildman–Crippen LogP) is 0.0932. The molecule has 23 heavy (non-hydrogen) atoms. The van der Waals surface area contributed by atoms with Gasteiger partial charge in [-0.15, -0.1) is 0 Å². The van der Waals surface area contributed by atoms with Gasteiger partial charge in [-0.25, -0.2) is 9.97 Å². The number of aliphatic hydroxyl groups excluding tert-OH is 1. The quantitative estimate of drug-likeness (QED) is 0.336. The lowest BCUT2D eigenvalue weighted by molar-refractivity contribution is -0.383. The molecule has 0 saturated carbocycles. The number of aromatic nitrogens is 3. The largest absolute Gasteiger partial charge is 0.386 e. The molecular weight excluding hydrogens is 348 g/mol. The van der Waals surface area contributed by atoms with Gasteiger partial charge in [-0.05, 0) is 6.92 Å². The minimum absolute atomic E-state index is 0.0313. The van der Waals surface area contributed by atoms with Gasteiger partial charge in [0, 0.05) is 8.81 Å². The fraction of sp³-hybridized carbons (Fsp3) is 0.400. The van der Waals surface area contributed by atoms with E-state index in [0.717, 1.165) is 12.5 Å². The molecule has 2 aromatic rings. The van der Waals surface area contributed by atoms with Crippen LogP contribution in [0.3, 0.4) is 0 Å². The normalized spacial score (nSPS) is 31.4. The van der Waals surface area contributed by atoms with Gasteiger partial charge in [0.05, 0.1) is 11.1 Å². The number of nitrogens with zero attached hydrogens (tertiary/aromatic N) is 4. The Hall–Kier alpha value is -1.48. The third-order valence-corrected chi connectivity index (χ3v) is 6.59. The molecule has 0 aliphatic carbocycles. The maximum atomic E-state index is 11.2. The summed E-state index contributed by atoms with van der Waals surface area (Å²) in [7, 11) is -2.72. The number of aliphatic hydroxyl groups is 2. The zero-order valence-electron chi connectivity index (χ0n) is 11.7. The molecule has 3 rings (SSSR count). The summed E-state index contributed by atoms with van der Waals surface area (Å²) < 4.78 is 6.81. The fourth-order valence-electron chi connectivity index (χ4n) is 2.36. The molecule has 0 radical (unpaired) electrons. The van der Waals surface area contributed by atoms with Crippen LogP contribution in [-0.2, 0) is 4.52 Å². The second kappa shape index (κ2) is 5.55. The first kappa shape index (κ1) is 16.4. The van der Waals surface area contributed by atoms with Gasteiger partial charge in [0.1, 0.15) is 29.5 Å². The highest BCUT2D eigenvalue weighted by atomic mass is 31.2. The van der Waals surface area contributed by atoms with Gasteiger partial charge in [-0.3, -0.25) is 14.5 Å². The van der Waals surface area contributed by atoms with E-state index in [-0.39, 0.29) is 22.5 Å². The summed E-state index contributed by atoms with van der Waals surface area (Å²) >= 11 is 0. The molecule has 11 nitrogen and oxygen atoms in total. The van der Waals surface area contributed by atoms with Crippen LogP contribution in [0, 0.1) is 10.1 Å². The highest BCUT2D eigenvalue weighted by Crippen LogP contribution is 2.63. The SMILES string of the molecule is C[C@@]1(O)[C@H](O)[C@@H](PO)O[P@@]1n1cc([N+](=O)[O-])c2c(N)ncnc21. The minimum Gasteiger partial charge on any atom is -0.386 e. The van der Waals surface area contributed by atoms with E-state index in [9.17, 15) is 25.2 Å². The zero-order chi connectivity index (χ0) is 16.9. The molecule has 1 fully saturated rings. The van der Waals surface area contributed by atoms with Crippen molar-refractivity contribution < 1.29 is 24.6 Å². The Balaban J connectivity index is 2.21. The van der Waals surface area contributed by atoms with Crippen LogP contribution >= 0.6 is 17.1 Å². The summed E-state index contributed by atoms with van der Waals surface area (Å²) in [5.41, 5.74) is 5.49. The van der Waals surface area contributed by atoms with E-state index in [1.807, 2.05) is 0 Å². The number of hydrogen-bond acceptors (Lipinski definition) is 9. The van der Waals surface area contributed by atoms with Crippen LogP contribution in [0.2, 0.25) is 0 Å². The lowest BCUT2D eigenvalue weighted by atomic mass is 10.2. The van der Waals surface area contributed by atoms with Crippen molar-refractivity contribution in [1.82, 2.24) is 14.3 Å².